The van der Waals surface area contributed by atoms with Crippen LogP contribution in [0, 0.1) is 17.5 Å². The lowest BCUT2D eigenvalue weighted by Crippen LogP contribution is -2.39. The Morgan fingerprint density at radius 2 is 1.49 bits per heavy atom. The van der Waals surface area contributed by atoms with Gasteiger partial charge in [-0.3, -0.25) is 19.3 Å². The molecule has 0 aromatic heterocycles. The lowest BCUT2D eigenvalue weighted by Gasteiger charge is -2.26. The number of hydrogen-bond acceptors (Lipinski definition) is 4. The maximum Gasteiger partial charge on any atom is 0.326 e. The fraction of sp³-hybridized carbons (Fsp3) is 0.192. The van der Waals surface area contributed by atoms with Crippen molar-refractivity contribution in [2.24, 2.45) is 5.73 Å². The van der Waals surface area contributed by atoms with Crippen molar-refractivity contribution in [1.82, 2.24) is 0 Å². The second-order valence-corrected chi connectivity index (χ2v) is 8.71. The van der Waals surface area contributed by atoms with Gasteiger partial charge in [0.1, 0.15) is 35.2 Å². The predicted molar refractivity (Wildman–Crippen MR) is 124 cm³/mol. The van der Waals surface area contributed by atoms with E-state index in [4.69, 9.17) is 10.5 Å². The summed E-state index contributed by atoms with van der Waals surface area (Å²) in [5.41, 5.74) is 5.06. The molecule has 3 aromatic carbocycles. The zero-order valence-corrected chi connectivity index (χ0v) is 19.3. The van der Waals surface area contributed by atoms with E-state index in [0.717, 1.165) is 4.90 Å². The van der Waals surface area contributed by atoms with E-state index in [1.807, 2.05) is 0 Å². The highest BCUT2D eigenvalue weighted by molar-refractivity contribution is 6.09. The van der Waals surface area contributed by atoms with Crippen LogP contribution < -0.4 is 10.6 Å². The molecule has 0 aliphatic rings. The first-order valence-electron chi connectivity index (χ1n) is 10.5. The number of esters is 1. The van der Waals surface area contributed by atoms with Gasteiger partial charge in [-0.15, -0.1) is 0 Å². The van der Waals surface area contributed by atoms with E-state index in [1.54, 1.807) is 45.0 Å². The lowest BCUT2D eigenvalue weighted by molar-refractivity contribution is -0.152. The molecule has 0 atom stereocenters. The van der Waals surface area contributed by atoms with Gasteiger partial charge in [-0.1, -0.05) is 24.3 Å². The van der Waals surface area contributed by atoms with Gasteiger partial charge in [0.05, 0.1) is 0 Å². The Hall–Kier alpha value is -4.14. The van der Waals surface area contributed by atoms with Crippen LogP contribution in [0.25, 0.3) is 11.1 Å². The maximum atomic E-state index is 14.4. The van der Waals surface area contributed by atoms with E-state index in [-0.39, 0.29) is 5.69 Å². The monoisotopic (exact) mass is 484 g/mol. The number of carbonyl (C=O) groups excluding carboxylic acids is 3. The van der Waals surface area contributed by atoms with Gasteiger partial charge in [-0.05, 0) is 56.2 Å². The molecule has 0 fully saturated rings. The molecule has 2 N–H and O–H groups in total. The number of ether oxygens (including phenoxy) is 1. The number of nitrogens with two attached hydrogens (primary N) is 1. The third-order valence-corrected chi connectivity index (χ3v) is 4.83. The Kier molecular flexibility index (Phi) is 7.28. The van der Waals surface area contributed by atoms with Gasteiger partial charge in [0.2, 0.25) is 5.91 Å². The molecule has 0 aliphatic carbocycles. The number of halogens is 3. The Labute approximate surface area is 200 Å². The Morgan fingerprint density at radius 3 is 2.03 bits per heavy atom. The zero-order valence-electron chi connectivity index (χ0n) is 19.3. The van der Waals surface area contributed by atoms with Crippen LogP contribution in [0.15, 0.2) is 60.7 Å². The predicted octanol–water partition coefficient (Wildman–Crippen LogP) is 4.86. The van der Waals surface area contributed by atoms with Crippen molar-refractivity contribution in [2.75, 3.05) is 11.4 Å². The summed E-state index contributed by atoms with van der Waals surface area (Å²) in [5.74, 6) is -6.59. The summed E-state index contributed by atoms with van der Waals surface area (Å²) in [7, 11) is 0. The summed E-state index contributed by atoms with van der Waals surface area (Å²) in [5, 5.41) is 0. The van der Waals surface area contributed by atoms with Gasteiger partial charge in [0.25, 0.3) is 5.91 Å². The number of nitrogens with zero attached hydrogens (tertiary/aromatic N) is 1. The van der Waals surface area contributed by atoms with Crippen molar-refractivity contribution in [2.45, 2.75) is 26.4 Å². The van der Waals surface area contributed by atoms with Crippen LogP contribution in [0.5, 0.6) is 0 Å². The first kappa shape index (κ1) is 25.5. The number of amides is 2. The average Bonchev–Trinajstić information content (AvgIpc) is 2.75. The van der Waals surface area contributed by atoms with E-state index in [0.29, 0.717) is 28.8 Å². The van der Waals surface area contributed by atoms with Crippen molar-refractivity contribution in [1.29, 1.82) is 0 Å². The van der Waals surface area contributed by atoms with Crippen LogP contribution in [-0.2, 0) is 9.53 Å². The van der Waals surface area contributed by atoms with E-state index in [9.17, 15) is 27.6 Å². The zero-order chi connectivity index (χ0) is 25.9. The van der Waals surface area contributed by atoms with Crippen LogP contribution in [0.3, 0.4) is 0 Å². The second kappa shape index (κ2) is 10.0. The van der Waals surface area contributed by atoms with Gasteiger partial charge >= 0.3 is 5.97 Å². The summed E-state index contributed by atoms with van der Waals surface area (Å²) in [4.78, 5) is 38.0. The molecule has 35 heavy (non-hydrogen) atoms. The molecule has 2 amide bonds. The largest absolute Gasteiger partial charge is 0.459 e. The van der Waals surface area contributed by atoms with Crippen LogP contribution in [-0.4, -0.2) is 29.9 Å². The molecule has 0 heterocycles. The quantitative estimate of drug-likeness (QED) is 0.506. The van der Waals surface area contributed by atoms with Gasteiger partial charge in [-0.2, -0.15) is 0 Å². The van der Waals surface area contributed by atoms with Crippen LogP contribution in [0.4, 0.5) is 18.9 Å². The van der Waals surface area contributed by atoms with Gasteiger partial charge in [-0.25, -0.2) is 13.2 Å². The molecule has 0 aliphatic heterocycles. The molecule has 6 nitrogen and oxygen atoms in total. The van der Waals surface area contributed by atoms with Crippen LogP contribution in [0.1, 0.15) is 41.5 Å². The Morgan fingerprint density at radius 1 is 0.886 bits per heavy atom. The summed E-state index contributed by atoms with van der Waals surface area (Å²) < 4.78 is 47.5. The summed E-state index contributed by atoms with van der Waals surface area (Å²) >= 11 is 0. The number of anilines is 1. The maximum absolute atomic E-state index is 14.4. The molecule has 0 saturated heterocycles. The van der Waals surface area contributed by atoms with Crippen molar-refractivity contribution in [3.05, 3.63) is 89.2 Å². The highest BCUT2D eigenvalue weighted by Gasteiger charge is 2.29. The molecule has 3 aromatic rings. The highest BCUT2D eigenvalue weighted by atomic mass is 19.1. The number of carbonyl (C=O) groups is 3. The minimum absolute atomic E-state index is 0.139. The topological polar surface area (TPSA) is 89.7 Å². The van der Waals surface area contributed by atoms with E-state index in [2.05, 4.69) is 0 Å². The Balaban J connectivity index is 2.05. The lowest BCUT2D eigenvalue weighted by atomic mass is 10.0. The van der Waals surface area contributed by atoms with Crippen LogP contribution >= 0.6 is 0 Å². The van der Waals surface area contributed by atoms with Gasteiger partial charge < -0.3 is 10.5 Å². The van der Waals surface area contributed by atoms with E-state index < -0.39 is 52.9 Å². The minimum atomic E-state index is -1.40. The minimum Gasteiger partial charge on any atom is -0.459 e. The van der Waals surface area contributed by atoms with Crippen molar-refractivity contribution >= 4 is 23.5 Å². The molecule has 0 radical (unpaired) electrons. The van der Waals surface area contributed by atoms with Crippen LogP contribution in [0.2, 0.25) is 0 Å². The fourth-order valence-corrected chi connectivity index (χ4v) is 3.35. The molecular weight excluding hydrogens is 461 g/mol. The van der Waals surface area contributed by atoms with E-state index in [1.165, 1.54) is 24.3 Å². The third-order valence-electron chi connectivity index (χ3n) is 4.83. The Bertz CT molecular complexity index is 1260. The number of rotatable bonds is 6. The summed E-state index contributed by atoms with van der Waals surface area (Å²) in [6.45, 7) is 4.24. The number of hydrogen-bond donors (Lipinski definition) is 1. The summed E-state index contributed by atoms with van der Waals surface area (Å²) in [6.07, 6.45) is 0. The molecule has 9 heteroatoms. The van der Waals surface area contributed by atoms with Gasteiger partial charge in [0.15, 0.2) is 0 Å². The molecular formula is C26H23F3N2O4. The SMILES string of the molecule is CC(C)(C)OC(=O)CN(C(=O)c1c(F)cc(F)cc1F)c1cccc(-c2ccc(C(N)=O)cc2)c1. The second-order valence-electron chi connectivity index (χ2n) is 8.71. The molecule has 0 bridgehead atoms. The average molecular weight is 484 g/mol. The molecule has 182 valence electrons. The van der Waals surface area contributed by atoms with Crippen molar-refractivity contribution < 1.29 is 32.3 Å². The normalized spacial score (nSPS) is 11.1. The molecule has 0 unspecified atom stereocenters. The van der Waals surface area contributed by atoms with Gasteiger partial charge in [0, 0.05) is 23.4 Å². The highest BCUT2D eigenvalue weighted by Crippen LogP contribution is 2.28. The van der Waals surface area contributed by atoms with E-state index >= 15 is 0 Å². The third kappa shape index (κ3) is 6.26. The smallest absolute Gasteiger partial charge is 0.326 e. The standard InChI is InChI=1S/C26H23F3N2O4/c1-26(2,3)35-22(32)14-31(25(34)23-20(28)12-18(27)13-21(23)29)19-6-4-5-17(11-19)15-7-9-16(10-8-15)24(30)33/h4-13H,14H2,1-3H3,(H2,30,33). The fourth-order valence-electron chi connectivity index (χ4n) is 3.35. The number of benzene rings is 3. The van der Waals surface area contributed by atoms with Crippen molar-refractivity contribution in [3.63, 3.8) is 0 Å². The first-order valence-corrected chi connectivity index (χ1v) is 10.5. The first-order chi connectivity index (χ1) is 16.4. The summed E-state index contributed by atoms with van der Waals surface area (Å²) in [6, 6.07) is 13.4. The van der Waals surface area contributed by atoms with Crippen molar-refractivity contribution in [3.8, 4) is 11.1 Å². The number of primary amides is 1. The molecule has 0 spiro atoms. The molecule has 3 rings (SSSR count). The molecule has 0 saturated carbocycles.